The Kier molecular flexibility index (Phi) is 4.97. The van der Waals surface area contributed by atoms with Crippen LogP contribution in [0.2, 0.25) is 0 Å². The zero-order valence-electron chi connectivity index (χ0n) is 14.6. The monoisotopic (exact) mass is 355 g/mol. The normalized spacial score (nSPS) is 12.1. The van der Waals surface area contributed by atoms with Crippen molar-refractivity contribution in [1.29, 1.82) is 0 Å². The molecule has 0 spiro atoms. The zero-order chi connectivity index (χ0) is 18.5. The van der Waals surface area contributed by atoms with Gasteiger partial charge < -0.3 is 0 Å². The Labute approximate surface area is 157 Å². The quantitative estimate of drug-likeness (QED) is 0.507. The molecule has 0 aliphatic heterocycles. The van der Waals surface area contributed by atoms with Crippen molar-refractivity contribution >= 4 is 0 Å². The van der Waals surface area contributed by atoms with Gasteiger partial charge in [-0.2, -0.15) is 0 Å². The lowest BCUT2D eigenvalue weighted by molar-refractivity contribution is 0.623. The minimum absolute atomic E-state index is 0.0136. The maximum absolute atomic E-state index is 13.6. The van der Waals surface area contributed by atoms with Crippen LogP contribution in [0.1, 0.15) is 34.1 Å². The van der Waals surface area contributed by atoms with Crippen molar-refractivity contribution < 1.29 is 4.39 Å². The standard InChI is InChI=1S/C23H18FN3/c24-21-7-5-17(6-8-21)22(18-9-13-25-14-10-18)23(19-3-1-11-26-15-19)20-4-2-12-27-16-20/h1-16,22-23H. The van der Waals surface area contributed by atoms with Crippen molar-refractivity contribution in [3.05, 3.63) is 126 Å². The number of rotatable bonds is 5. The number of hydrogen-bond donors (Lipinski definition) is 0. The summed E-state index contributed by atoms with van der Waals surface area (Å²) in [5.41, 5.74) is 4.29. The van der Waals surface area contributed by atoms with Crippen LogP contribution in [0.3, 0.4) is 0 Å². The van der Waals surface area contributed by atoms with Gasteiger partial charge in [-0.25, -0.2) is 4.39 Å². The second-order valence-corrected chi connectivity index (χ2v) is 6.36. The summed E-state index contributed by atoms with van der Waals surface area (Å²) in [7, 11) is 0. The lowest BCUT2D eigenvalue weighted by Crippen LogP contribution is -2.15. The third-order valence-electron chi connectivity index (χ3n) is 4.71. The van der Waals surface area contributed by atoms with E-state index in [0.29, 0.717) is 0 Å². The van der Waals surface area contributed by atoms with E-state index in [9.17, 15) is 4.39 Å². The topological polar surface area (TPSA) is 38.7 Å². The van der Waals surface area contributed by atoms with E-state index in [1.807, 2.05) is 48.8 Å². The van der Waals surface area contributed by atoms with Gasteiger partial charge in [-0.1, -0.05) is 24.3 Å². The molecule has 0 fully saturated rings. The molecule has 1 atom stereocenters. The van der Waals surface area contributed by atoms with Crippen molar-refractivity contribution in [2.24, 2.45) is 0 Å². The Hall–Kier alpha value is -3.40. The maximum atomic E-state index is 13.6. The average molecular weight is 355 g/mol. The summed E-state index contributed by atoms with van der Waals surface area (Å²) in [5.74, 6) is -0.284. The van der Waals surface area contributed by atoms with E-state index in [4.69, 9.17) is 0 Å². The van der Waals surface area contributed by atoms with E-state index in [-0.39, 0.29) is 17.7 Å². The van der Waals surface area contributed by atoms with Crippen LogP contribution in [-0.4, -0.2) is 15.0 Å². The van der Waals surface area contributed by atoms with Crippen LogP contribution in [-0.2, 0) is 0 Å². The highest BCUT2D eigenvalue weighted by Crippen LogP contribution is 2.42. The molecule has 132 valence electrons. The molecule has 0 saturated heterocycles. The third-order valence-corrected chi connectivity index (χ3v) is 4.71. The van der Waals surface area contributed by atoms with E-state index in [1.165, 1.54) is 12.1 Å². The molecule has 27 heavy (non-hydrogen) atoms. The molecule has 3 nitrogen and oxygen atoms in total. The summed E-state index contributed by atoms with van der Waals surface area (Å²) in [5, 5.41) is 0. The number of benzene rings is 1. The van der Waals surface area contributed by atoms with Gasteiger partial charge in [0.2, 0.25) is 0 Å². The molecule has 4 heteroatoms. The summed E-state index contributed by atoms with van der Waals surface area (Å²) in [6.07, 6.45) is 10.9. The minimum Gasteiger partial charge on any atom is -0.265 e. The van der Waals surface area contributed by atoms with Crippen LogP contribution < -0.4 is 0 Å². The van der Waals surface area contributed by atoms with E-state index in [1.54, 1.807) is 24.8 Å². The fourth-order valence-electron chi connectivity index (χ4n) is 3.52. The van der Waals surface area contributed by atoms with E-state index < -0.39 is 0 Å². The van der Waals surface area contributed by atoms with Crippen LogP contribution in [0, 0.1) is 5.82 Å². The lowest BCUT2D eigenvalue weighted by atomic mass is 9.75. The molecule has 0 amide bonds. The van der Waals surface area contributed by atoms with Crippen molar-refractivity contribution in [2.75, 3.05) is 0 Å². The van der Waals surface area contributed by atoms with E-state index >= 15 is 0 Å². The van der Waals surface area contributed by atoms with Gasteiger partial charge >= 0.3 is 0 Å². The number of pyridine rings is 3. The van der Waals surface area contributed by atoms with Gasteiger partial charge in [-0.3, -0.25) is 15.0 Å². The highest BCUT2D eigenvalue weighted by molar-refractivity contribution is 5.43. The first-order valence-corrected chi connectivity index (χ1v) is 8.78. The molecule has 0 bridgehead atoms. The first-order valence-electron chi connectivity index (χ1n) is 8.78. The highest BCUT2D eigenvalue weighted by Gasteiger charge is 2.28. The fourth-order valence-corrected chi connectivity index (χ4v) is 3.52. The number of nitrogens with zero attached hydrogens (tertiary/aromatic N) is 3. The summed E-state index contributed by atoms with van der Waals surface area (Å²) in [6.45, 7) is 0. The lowest BCUT2D eigenvalue weighted by Gasteiger charge is -2.28. The Balaban J connectivity index is 1.93. The molecular formula is C23H18FN3. The second-order valence-electron chi connectivity index (χ2n) is 6.36. The Bertz CT molecular complexity index is 935. The first-order chi connectivity index (χ1) is 13.3. The van der Waals surface area contributed by atoms with Gasteiger partial charge in [0.1, 0.15) is 5.82 Å². The molecule has 4 aromatic rings. The highest BCUT2D eigenvalue weighted by atomic mass is 19.1. The van der Waals surface area contributed by atoms with Crippen LogP contribution in [0.4, 0.5) is 4.39 Å². The third kappa shape index (κ3) is 3.75. The molecule has 0 aliphatic carbocycles. The molecule has 0 saturated carbocycles. The molecule has 0 radical (unpaired) electrons. The van der Waals surface area contributed by atoms with Crippen LogP contribution >= 0.6 is 0 Å². The Morgan fingerprint density at radius 1 is 0.519 bits per heavy atom. The van der Waals surface area contributed by atoms with Gasteiger partial charge in [-0.05, 0) is 58.7 Å². The zero-order valence-corrected chi connectivity index (χ0v) is 14.6. The maximum Gasteiger partial charge on any atom is 0.123 e. The van der Waals surface area contributed by atoms with Gasteiger partial charge in [0, 0.05) is 49.0 Å². The largest absolute Gasteiger partial charge is 0.265 e. The van der Waals surface area contributed by atoms with Crippen LogP contribution in [0.25, 0.3) is 0 Å². The SMILES string of the molecule is Fc1ccc(C(c2ccncc2)C(c2cccnc2)c2cccnc2)cc1. The van der Waals surface area contributed by atoms with Gasteiger partial charge in [-0.15, -0.1) is 0 Å². The van der Waals surface area contributed by atoms with E-state index in [2.05, 4.69) is 27.1 Å². The summed E-state index contributed by atoms with van der Waals surface area (Å²) < 4.78 is 13.6. The molecular weight excluding hydrogens is 337 g/mol. The predicted molar refractivity (Wildman–Crippen MR) is 103 cm³/mol. The van der Waals surface area contributed by atoms with Crippen molar-refractivity contribution in [3.8, 4) is 0 Å². The summed E-state index contributed by atoms with van der Waals surface area (Å²) in [6, 6.07) is 18.7. The van der Waals surface area contributed by atoms with E-state index in [0.717, 1.165) is 22.3 Å². The molecule has 1 aromatic carbocycles. The molecule has 0 aliphatic rings. The second kappa shape index (κ2) is 7.87. The Morgan fingerprint density at radius 2 is 1.04 bits per heavy atom. The van der Waals surface area contributed by atoms with Crippen LogP contribution in [0.5, 0.6) is 0 Å². The molecule has 3 heterocycles. The number of aromatic nitrogens is 3. The molecule has 0 N–H and O–H groups in total. The van der Waals surface area contributed by atoms with Crippen molar-refractivity contribution in [1.82, 2.24) is 15.0 Å². The average Bonchev–Trinajstić information content (AvgIpc) is 2.75. The van der Waals surface area contributed by atoms with Gasteiger partial charge in [0.25, 0.3) is 0 Å². The number of halogens is 1. The first kappa shape index (κ1) is 17.0. The van der Waals surface area contributed by atoms with Crippen molar-refractivity contribution in [2.45, 2.75) is 11.8 Å². The Morgan fingerprint density at radius 3 is 1.56 bits per heavy atom. The summed E-state index contributed by atoms with van der Waals surface area (Å²) >= 11 is 0. The van der Waals surface area contributed by atoms with Gasteiger partial charge in [0.05, 0.1) is 0 Å². The molecule has 4 rings (SSSR count). The minimum atomic E-state index is -0.244. The van der Waals surface area contributed by atoms with Gasteiger partial charge in [0.15, 0.2) is 0 Å². The number of hydrogen-bond acceptors (Lipinski definition) is 3. The smallest absolute Gasteiger partial charge is 0.123 e. The summed E-state index contributed by atoms with van der Waals surface area (Å²) in [4.78, 5) is 12.8. The van der Waals surface area contributed by atoms with Crippen molar-refractivity contribution in [3.63, 3.8) is 0 Å². The predicted octanol–water partition coefficient (Wildman–Crippen LogP) is 4.97. The molecule has 1 unspecified atom stereocenters. The molecule has 3 aromatic heterocycles. The van der Waals surface area contributed by atoms with Crippen LogP contribution in [0.15, 0.2) is 97.8 Å². The fraction of sp³-hybridized carbons (Fsp3) is 0.0870.